The highest BCUT2D eigenvalue weighted by atomic mass is 16.1. The molecule has 0 aliphatic rings. The molecule has 0 saturated carbocycles. The van der Waals surface area contributed by atoms with Gasteiger partial charge in [0.15, 0.2) is 0 Å². The van der Waals surface area contributed by atoms with Gasteiger partial charge in [-0.3, -0.25) is 4.99 Å². The first-order valence-corrected chi connectivity index (χ1v) is 4.47. The maximum atomic E-state index is 10.2. The Morgan fingerprint density at radius 2 is 2.21 bits per heavy atom. The lowest BCUT2D eigenvalue weighted by Crippen LogP contribution is -1.87. The van der Waals surface area contributed by atoms with Crippen LogP contribution in [-0.2, 0) is 11.2 Å². The molecular formula is C12H13NO. The zero-order chi connectivity index (χ0) is 10.4. The molecule has 0 amide bonds. The van der Waals surface area contributed by atoms with Crippen LogP contribution in [0.2, 0.25) is 0 Å². The van der Waals surface area contributed by atoms with Gasteiger partial charge in [-0.2, -0.15) is 0 Å². The second kappa shape index (κ2) is 5.12. The summed E-state index contributed by atoms with van der Waals surface area (Å²) >= 11 is 0. The van der Waals surface area contributed by atoms with E-state index in [9.17, 15) is 4.79 Å². The number of carbonyl (C=O) groups is 1. The molecule has 1 aromatic carbocycles. The molecule has 0 unspecified atom stereocenters. The Labute approximate surface area is 84.0 Å². The van der Waals surface area contributed by atoms with Crippen LogP contribution in [-0.4, -0.2) is 13.0 Å². The Morgan fingerprint density at radius 1 is 1.43 bits per heavy atom. The standard InChI is InChI=1S/C12H13NO/c1-3-11-9-10(5-4-8-14)6-7-12(11)13-2/h3,6-9H,1-2,4-5H2. The lowest BCUT2D eigenvalue weighted by atomic mass is 10.1. The summed E-state index contributed by atoms with van der Waals surface area (Å²) in [5, 5.41) is 0. The number of aliphatic imine (C=N–C) groups is 1. The van der Waals surface area contributed by atoms with Gasteiger partial charge in [0.25, 0.3) is 0 Å². The molecule has 0 fully saturated rings. The number of aldehydes is 1. The van der Waals surface area contributed by atoms with Crippen molar-refractivity contribution in [1.29, 1.82) is 0 Å². The molecule has 0 atom stereocenters. The van der Waals surface area contributed by atoms with Gasteiger partial charge in [-0.25, -0.2) is 0 Å². The first-order valence-electron chi connectivity index (χ1n) is 4.47. The van der Waals surface area contributed by atoms with Crippen molar-refractivity contribution >= 4 is 24.8 Å². The van der Waals surface area contributed by atoms with Crippen molar-refractivity contribution in [1.82, 2.24) is 0 Å². The van der Waals surface area contributed by atoms with E-state index in [1.165, 1.54) is 0 Å². The normalized spacial score (nSPS) is 9.43. The predicted octanol–water partition coefficient (Wildman–Crippen LogP) is 2.79. The first-order chi connectivity index (χ1) is 6.81. The molecule has 1 aromatic rings. The minimum absolute atomic E-state index is 0.553. The van der Waals surface area contributed by atoms with Gasteiger partial charge in [0, 0.05) is 6.42 Å². The van der Waals surface area contributed by atoms with Crippen molar-refractivity contribution in [2.24, 2.45) is 4.99 Å². The summed E-state index contributed by atoms with van der Waals surface area (Å²) in [6.45, 7) is 7.18. The molecule has 14 heavy (non-hydrogen) atoms. The molecule has 0 aromatic heterocycles. The van der Waals surface area contributed by atoms with E-state index in [1.54, 1.807) is 6.08 Å². The number of nitrogens with zero attached hydrogens (tertiary/aromatic N) is 1. The minimum Gasteiger partial charge on any atom is -0.303 e. The second-order valence-corrected chi connectivity index (χ2v) is 2.96. The third-order valence-corrected chi connectivity index (χ3v) is 2.03. The van der Waals surface area contributed by atoms with Crippen molar-refractivity contribution in [3.8, 4) is 0 Å². The number of carbonyl (C=O) groups excluding carboxylic acids is 1. The van der Waals surface area contributed by atoms with Crippen LogP contribution in [0.3, 0.4) is 0 Å². The van der Waals surface area contributed by atoms with Crippen LogP contribution in [0.5, 0.6) is 0 Å². The van der Waals surface area contributed by atoms with E-state index >= 15 is 0 Å². The summed E-state index contributed by atoms with van der Waals surface area (Å²) in [6, 6.07) is 5.84. The fourth-order valence-corrected chi connectivity index (χ4v) is 1.29. The average molecular weight is 187 g/mol. The topological polar surface area (TPSA) is 29.4 Å². The van der Waals surface area contributed by atoms with E-state index in [-0.39, 0.29) is 0 Å². The molecule has 0 heterocycles. The predicted molar refractivity (Wildman–Crippen MR) is 60.1 cm³/mol. The van der Waals surface area contributed by atoms with Crippen molar-refractivity contribution in [3.63, 3.8) is 0 Å². The van der Waals surface area contributed by atoms with Gasteiger partial charge >= 0.3 is 0 Å². The molecule has 1 rings (SSSR count). The number of aryl methyl sites for hydroxylation is 1. The van der Waals surface area contributed by atoms with Gasteiger partial charge in [-0.05, 0) is 36.4 Å². The Hall–Kier alpha value is -1.70. The van der Waals surface area contributed by atoms with Gasteiger partial charge in [0.1, 0.15) is 6.29 Å². The summed E-state index contributed by atoms with van der Waals surface area (Å²) in [5.41, 5.74) is 2.91. The van der Waals surface area contributed by atoms with Gasteiger partial charge in [-0.15, -0.1) is 0 Å². The summed E-state index contributed by atoms with van der Waals surface area (Å²) < 4.78 is 0. The van der Waals surface area contributed by atoms with Crippen LogP contribution in [0.15, 0.2) is 29.8 Å². The molecule has 0 bridgehead atoms. The SMILES string of the molecule is C=Cc1cc(CCC=O)ccc1N=C. The maximum Gasteiger partial charge on any atom is 0.120 e. The van der Waals surface area contributed by atoms with Gasteiger partial charge in [-0.1, -0.05) is 18.7 Å². The Morgan fingerprint density at radius 3 is 2.79 bits per heavy atom. The van der Waals surface area contributed by atoms with Crippen molar-refractivity contribution in [2.75, 3.05) is 0 Å². The van der Waals surface area contributed by atoms with Crippen LogP contribution in [0.25, 0.3) is 6.08 Å². The van der Waals surface area contributed by atoms with E-state index in [4.69, 9.17) is 0 Å². The largest absolute Gasteiger partial charge is 0.303 e. The van der Waals surface area contributed by atoms with Crippen LogP contribution in [0.1, 0.15) is 17.5 Å². The summed E-state index contributed by atoms with van der Waals surface area (Å²) in [5.74, 6) is 0. The van der Waals surface area contributed by atoms with Crippen LogP contribution in [0, 0.1) is 0 Å². The van der Waals surface area contributed by atoms with Crippen LogP contribution >= 0.6 is 0 Å². The molecule has 0 radical (unpaired) electrons. The highest BCUT2D eigenvalue weighted by Crippen LogP contribution is 2.21. The molecular weight excluding hydrogens is 174 g/mol. The third kappa shape index (κ3) is 2.39. The summed E-state index contributed by atoms with van der Waals surface area (Å²) in [4.78, 5) is 14.1. The van der Waals surface area contributed by atoms with Gasteiger partial charge < -0.3 is 4.79 Å². The van der Waals surface area contributed by atoms with E-state index in [1.807, 2.05) is 18.2 Å². The monoisotopic (exact) mass is 187 g/mol. The highest BCUT2D eigenvalue weighted by Gasteiger charge is 1.98. The Kier molecular flexibility index (Phi) is 3.80. The molecule has 72 valence electrons. The molecule has 0 aliphatic carbocycles. The lowest BCUT2D eigenvalue weighted by molar-refractivity contribution is -0.107. The van der Waals surface area contributed by atoms with E-state index in [2.05, 4.69) is 18.3 Å². The van der Waals surface area contributed by atoms with Crippen molar-refractivity contribution < 1.29 is 4.79 Å². The quantitative estimate of drug-likeness (QED) is 0.514. The average Bonchev–Trinajstić information content (AvgIpc) is 2.25. The molecule has 0 saturated heterocycles. The molecule has 0 N–H and O–H groups in total. The molecule has 2 nitrogen and oxygen atoms in total. The van der Waals surface area contributed by atoms with E-state index in [0.29, 0.717) is 6.42 Å². The maximum absolute atomic E-state index is 10.2. The van der Waals surface area contributed by atoms with Crippen molar-refractivity contribution in [3.05, 3.63) is 35.9 Å². The second-order valence-electron chi connectivity index (χ2n) is 2.96. The Balaban J connectivity index is 2.94. The molecule has 0 aliphatic heterocycles. The minimum atomic E-state index is 0.553. The lowest BCUT2D eigenvalue weighted by Gasteiger charge is -2.03. The fourth-order valence-electron chi connectivity index (χ4n) is 1.29. The zero-order valence-electron chi connectivity index (χ0n) is 8.07. The number of benzene rings is 1. The van der Waals surface area contributed by atoms with E-state index in [0.717, 1.165) is 29.5 Å². The summed E-state index contributed by atoms with van der Waals surface area (Å²) in [7, 11) is 0. The van der Waals surface area contributed by atoms with Crippen LogP contribution < -0.4 is 0 Å². The molecule has 0 spiro atoms. The van der Waals surface area contributed by atoms with Gasteiger partial charge in [0.05, 0.1) is 5.69 Å². The Bertz CT molecular complexity index is 355. The van der Waals surface area contributed by atoms with Crippen LogP contribution in [0.4, 0.5) is 5.69 Å². The first kappa shape index (κ1) is 10.4. The van der Waals surface area contributed by atoms with Gasteiger partial charge in [0.2, 0.25) is 0 Å². The highest BCUT2D eigenvalue weighted by molar-refractivity contribution is 5.65. The summed E-state index contributed by atoms with van der Waals surface area (Å²) in [6.07, 6.45) is 3.99. The molecule has 2 heteroatoms. The number of hydrogen-bond donors (Lipinski definition) is 0. The van der Waals surface area contributed by atoms with Crippen molar-refractivity contribution in [2.45, 2.75) is 12.8 Å². The number of hydrogen-bond acceptors (Lipinski definition) is 2. The third-order valence-electron chi connectivity index (χ3n) is 2.03. The number of rotatable bonds is 5. The van der Waals surface area contributed by atoms with E-state index < -0.39 is 0 Å². The smallest absolute Gasteiger partial charge is 0.120 e. The fraction of sp³-hybridized carbons (Fsp3) is 0.167. The zero-order valence-corrected chi connectivity index (χ0v) is 8.07.